The van der Waals surface area contributed by atoms with E-state index in [4.69, 9.17) is 0 Å². The summed E-state index contributed by atoms with van der Waals surface area (Å²) in [5, 5.41) is 2.95. The summed E-state index contributed by atoms with van der Waals surface area (Å²) in [6, 6.07) is 9.37. The summed E-state index contributed by atoms with van der Waals surface area (Å²) in [5.41, 5.74) is 1.04. The molecule has 0 saturated heterocycles. The van der Waals surface area contributed by atoms with Crippen LogP contribution in [0.15, 0.2) is 30.3 Å². The molecule has 0 saturated carbocycles. The Morgan fingerprint density at radius 2 is 1.78 bits per heavy atom. The molecule has 4 nitrogen and oxygen atoms in total. The topological polar surface area (TPSA) is 49.4 Å². The summed E-state index contributed by atoms with van der Waals surface area (Å²) in [6.07, 6.45) is 4.48. The van der Waals surface area contributed by atoms with Gasteiger partial charge in [0.15, 0.2) is 0 Å². The number of benzene rings is 1. The molecule has 1 N–H and O–H groups in total. The summed E-state index contributed by atoms with van der Waals surface area (Å²) < 4.78 is 0. The summed E-state index contributed by atoms with van der Waals surface area (Å²) in [6.45, 7) is 7.08. The maximum absolute atomic E-state index is 12.4. The Bertz CT molecular complexity index is 474. The lowest BCUT2D eigenvalue weighted by Gasteiger charge is -2.28. The highest BCUT2D eigenvalue weighted by atomic mass is 16.2. The molecule has 128 valence electrons. The van der Waals surface area contributed by atoms with Crippen molar-refractivity contribution in [3.05, 3.63) is 35.9 Å². The van der Waals surface area contributed by atoms with Crippen LogP contribution in [0.5, 0.6) is 0 Å². The zero-order valence-corrected chi connectivity index (χ0v) is 14.7. The fourth-order valence-corrected chi connectivity index (χ4v) is 2.45. The maximum Gasteiger partial charge on any atom is 0.242 e. The molecule has 0 aliphatic rings. The Hall–Kier alpha value is -1.84. The Morgan fingerprint density at radius 1 is 1.09 bits per heavy atom. The van der Waals surface area contributed by atoms with Crippen molar-refractivity contribution in [1.29, 1.82) is 0 Å². The van der Waals surface area contributed by atoms with Crippen molar-refractivity contribution in [2.45, 2.75) is 65.5 Å². The van der Waals surface area contributed by atoms with Gasteiger partial charge >= 0.3 is 0 Å². The number of hydrogen-bond donors (Lipinski definition) is 1. The molecule has 1 rings (SSSR count). The Morgan fingerprint density at radius 3 is 2.39 bits per heavy atom. The molecule has 0 aliphatic heterocycles. The predicted octanol–water partition coefficient (Wildman–Crippen LogP) is 3.51. The fourth-order valence-electron chi connectivity index (χ4n) is 2.45. The van der Waals surface area contributed by atoms with Crippen molar-refractivity contribution < 1.29 is 9.59 Å². The van der Waals surface area contributed by atoms with Crippen molar-refractivity contribution in [3.63, 3.8) is 0 Å². The molecule has 0 aromatic heterocycles. The van der Waals surface area contributed by atoms with Gasteiger partial charge in [0.1, 0.15) is 6.04 Å². The van der Waals surface area contributed by atoms with Gasteiger partial charge in [0.2, 0.25) is 11.8 Å². The lowest BCUT2D eigenvalue weighted by Crippen LogP contribution is -2.47. The van der Waals surface area contributed by atoms with Gasteiger partial charge in [-0.3, -0.25) is 9.59 Å². The van der Waals surface area contributed by atoms with E-state index in [0.29, 0.717) is 19.5 Å². The van der Waals surface area contributed by atoms with Crippen LogP contribution in [0.1, 0.15) is 58.4 Å². The maximum atomic E-state index is 12.4. The summed E-state index contributed by atoms with van der Waals surface area (Å²) in [7, 11) is 0. The van der Waals surface area contributed by atoms with Crippen LogP contribution in [0.2, 0.25) is 0 Å². The molecule has 0 radical (unpaired) electrons. The third kappa shape index (κ3) is 6.85. The second kappa shape index (κ2) is 10.8. The molecule has 1 aromatic rings. The number of amides is 2. The Labute approximate surface area is 140 Å². The molecule has 0 aliphatic carbocycles. The molecule has 1 aromatic carbocycles. The minimum absolute atomic E-state index is 0.0348. The van der Waals surface area contributed by atoms with Crippen LogP contribution in [0, 0.1) is 0 Å². The van der Waals surface area contributed by atoms with E-state index in [1.54, 1.807) is 4.90 Å². The Kier molecular flexibility index (Phi) is 9.03. The minimum Gasteiger partial charge on any atom is -0.354 e. The first kappa shape index (κ1) is 19.2. The third-order valence-corrected chi connectivity index (χ3v) is 3.91. The second-order valence-corrected chi connectivity index (χ2v) is 5.93. The molecule has 1 atom stereocenters. The standard InChI is InChI=1S/C19H30N2O2/c1-4-6-10-14-20-19(23)16(3)21(18(22)11-5-2)15-17-12-8-7-9-13-17/h7-9,12-13,16H,4-6,10-11,14-15H2,1-3H3,(H,20,23)/t16-/m0/s1. The average Bonchev–Trinajstić information content (AvgIpc) is 2.57. The largest absolute Gasteiger partial charge is 0.354 e. The van der Waals surface area contributed by atoms with Crippen LogP contribution in [0.3, 0.4) is 0 Å². The number of carbonyl (C=O) groups excluding carboxylic acids is 2. The molecule has 0 fully saturated rings. The van der Waals surface area contributed by atoms with Crippen LogP contribution in [-0.2, 0) is 16.1 Å². The monoisotopic (exact) mass is 318 g/mol. The normalized spacial score (nSPS) is 11.8. The van der Waals surface area contributed by atoms with Gasteiger partial charge in [-0.1, -0.05) is 57.0 Å². The van der Waals surface area contributed by atoms with E-state index in [1.807, 2.05) is 44.2 Å². The summed E-state index contributed by atoms with van der Waals surface area (Å²) >= 11 is 0. The van der Waals surface area contributed by atoms with Crippen LogP contribution in [0.4, 0.5) is 0 Å². The number of hydrogen-bond acceptors (Lipinski definition) is 2. The smallest absolute Gasteiger partial charge is 0.242 e. The first-order chi connectivity index (χ1) is 11.1. The zero-order chi connectivity index (χ0) is 17.1. The van der Waals surface area contributed by atoms with Gasteiger partial charge in [0.25, 0.3) is 0 Å². The first-order valence-electron chi connectivity index (χ1n) is 8.71. The van der Waals surface area contributed by atoms with Crippen LogP contribution in [0.25, 0.3) is 0 Å². The van der Waals surface area contributed by atoms with E-state index in [2.05, 4.69) is 12.2 Å². The number of nitrogens with zero attached hydrogens (tertiary/aromatic N) is 1. The van der Waals surface area contributed by atoms with E-state index >= 15 is 0 Å². The molecule has 4 heteroatoms. The quantitative estimate of drug-likeness (QED) is 0.671. The fraction of sp³-hybridized carbons (Fsp3) is 0.579. The van der Waals surface area contributed by atoms with Crippen LogP contribution < -0.4 is 5.32 Å². The molecule has 0 unspecified atom stereocenters. The molecular weight excluding hydrogens is 288 g/mol. The van der Waals surface area contributed by atoms with E-state index < -0.39 is 6.04 Å². The molecule has 2 amide bonds. The predicted molar refractivity (Wildman–Crippen MR) is 93.9 cm³/mol. The average molecular weight is 318 g/mol. The number of nitrogens with one attached hydrogen (secondary N) is 1. The van der Waals surface area contributed by atoms with Gasteiger partial charge in [-0.05, 0) is 25.3 Å². The van der Waals surface area contributed by atoms with Crippen molar-refractivity contribution in [2.75, 3.05) is 6.54 Å². The van der Waals surface area contributed by atoms with Gasteiger partial charge in [0, 0.05) is 19.5 Å². The van der Waals surface area contributed by atoms with Gasteiger partial charge in [0.05, 0.1) is 0 Å². The molecular formula is C19H30N2O2. The number of unbranched alkanes of at least 4 members (excludes halogenated alkanes) is 2. The molecule has 0 bridgehead atoms. The molecule has 0 heterocycles. The lowest BCUT2D eigenvalue weighted by atomic mass is 10.1. The van der Waals surface area contributed by atoms with E-state index in [0.717, 1.165) is 31.2 Å². The van der Waals surface area contributed by atoms with Gasteiger partial charge in [-0.15, -0.1) is 0 Å². The summed E-state index contributed by atoms with van der Waals surface area (Å²) in [4.78, 5) is 26.4. The van der Waals surface area contributed by atoms with E-state index in [-0.39, 0.29) is 11.8 Å². The highest BCUT2D eigenvalue weighted by molar-refractivity contribution is 5.87. The summed E-state index contributed by atoms with van der Waals surface area (Å²) in [5.74, 6) is -0.0333. The second-order valence-electron chi connectivity index (χ2n) is 5.93. The Balaban J connectivity index is 2.70. The van der Waals surface area contributed by atoms with E-state index in [9.17, 15) is 9.59 Å². The molecule has 0 spiro atoms. The van der Waals surface area contributed by atoms with Gasteiger partial charge < -0.3 is 10.2 Å². The highest BCUT2D eigenvalue weighted by Gasteiger charge is 2.25. The highest BCUT2D eigenvalue weighted by Crippen LogP contribution is 2.11. The van der Waals surface area contributed by atoms with Crippen LogP contribution >= 0.6 is 0 Å². The van der Waals surface area contributed by atoms with Crippen LogP contribution in [-0.4, -0.2) is 29.3 Å². The molecule has 23 heavy (non-hydrogen) atoms. The zero-order valence-electron chi connectivity index (χ0n) is 14.7. The van der Waals surface area contributed by atoms with E-state index in [1.165, 1.54) is 0 Å². The van der Waals surface area contributed by atoms with Crippen molar-refractivity contribution in [1.82, 2.24) is 10.2 Å². The lowest BCUT2D eigenvalue weighted by molar-refractivity contribution is -0.140. The number of rotatable bonds is 10. The van der Waals surface area contributed by atoms with Crippen molar-refractivity contribution in [2.24, 2.45) is 0 Å². The third-order valence-electron chi connectivity index (χ3n) is 3.91. The van der Waals surface area contributed by atoms with Crippen molar-refractivity contribution >= 4 is 11.8 Å². The SMILES string of the molecule is CCCCCNC(=O)[C@H](C)N(Cc1ccccc1)C(=O)CCC. The van der Waals surface area contributed by atoms with Gasteiger partial charge in [-0.2, -0.15) is 0 Å². The van der Waals surface area contributed by atoms with Gasteiger partial charge in [-0.25, -0.2) is 0 Å². The first-order valence-corrected chi connectivity index (χ1v) is 8.71. The number of carbonyl (C=O) groups is 2. The van der Waals surface area contributed by atoms with Crippen molar-refractivity contribution in [3.8, 4) is 0 Å². The minimum atomic E-state index is -0.448.